The summed E-state index contributed by atoms with van der Waals surface area (Å²) in [7, 11) is 0. The first kappa shape index (κ1) is 16.5. The number of rotatable bonds is 6. The molecule has 1 aliphatic rings. The molecule has 0 aliphatic carbocycles. The molecule has 1 fully saturated rings. The van der Waals surface area contributed by atoms with Crippen molar-refractivity contribution in [1.82, 2.24) is 10.6 Å². The average Bonchev–Trinajstić information content (AvgIpc) is 2.84. The van der Waals surface area contributed by atoms with E-state index in [2.05, 4.69) is 22.8 Å². The minimum atomic E-state index is -0.0819. The fourth-order valence-electron chi connectivity index (χ4n) is 2.82. The molecule has 24 heavy (non-hydrogen) atoms. The van der Waals surface area contributed by atoms with E-state index in [0.717, 1.165) is 42.7 Å². The fraction of sp³-hybridized carbons (Fsp3) is 0.350. The summed E-state index contributed by atoms with van der Waals surface area (Å²) in [5.74, 6) is 0.977. The Labute approximate surface area is 143 Å². The predicted octanol–water partition coefficient (Wildman–Crippen LogP) is 3.02. The van der Waals surface area contributed by atoms with E-state index in [-0.39, 0.29) is 11.9 Å². The highest BCUT2D eigenvalue weighted by atomic mass is 16.5. The summed E-state index contributed by atoms with van der Waals surface area (Å²) in [6, 6.07) is 18.1. The first-order valence-electron chi connectivity index (χ1n) is 8.58. The largest absolute Gasteiger partial charge is 0.489 e. The van der Waals surface area contributed by atoms with Crippen molar-refractivity contribution in [2.24, 2.45) is 0 Å². The maximum Gasteiger partial charge on any atom is 0.237 e. The van der Waals surface area contributed by atoms with Gasteiger partial charge in [0.1, 0.15) is 12.4 Å². The zero-order valence-corrected chi connectivity index (χ0v) is 13.8. The molecule has 126 valence electrons. The smallest absolute Gasteiger partial charge is 0.237 e. The van der Waals surface area contributed by atoms with E-state index in [0.29, 0.717) is 13.2 Å². The van der Waals surface area contributed by atoms with Crippen LogP contribution in [0.3, 0.4) is 0 Å². The highest BCUT2D eigenvalue weighted by Gasteiger charge is 2.19. The number of hydrogen-bond acceptors (Lipinski definition) is 3. The number of amides is 1. The van der Waals surface area contributed by atoms with Crippen molar-refractivity contribution < 1.29 is 9.53 Å². The molecule has 0 aromatic heterocycles. The zero-order valence-electron chi connectivity index (χ0n) is 13.8. The lowest BCUT2D eigenvalue weighted by Gasteiger charge is -2.15. The third-order valence-corrected chi connectivity index (χ3v) is 4.26. The number of ether oxygens (including phenoxy) is 1. The van der Waals surface area contributed by atoms with Crippen molar-refractivity contribution in [3.05, 3.63) is 65.7 Å². The Kier molecular flexibility index (Phi) is 5.85. The van der Waals surface area contributed by atoms with Crippen LogP contribution in [0, 0.1) is 0 Å². The van der Waals surface area contributed by atoms with Gasteiger partial charge in [0, 0.05) is 13.1 Å². The van der Waals surface area contributed by atoms with E-state index in [9.17, 15) is 4.79 Å². The Morgan fingerprint density at radius 2 is 1.79 bits per heavy atom. The molecule has 1 atom stereocenters. The van der Waals surface area contributed by atoms with Crippen LogP contribution >= 0.6 is 0 Å². The lowest BCUT2D eigenvalue weighted by atomic mass is 10.1. The van der Waals surface area contributed by atoms with Gasteiger partial charge in [0.05, 0.1) is 6.04 Å². The third-order valence-electron chi connectivity index (χ3n) is 4.26. The summed E-state index contributed by atoms with van der Waals surface area (Å²) in [6.45, 7) is 2.06. The van der Waals surface area contributed by atoms with E-state index in [1.807, 2.05) is 42.5 Å². The Morgan fingerprint density at radius 1 is 1.00 bits per heavy atom. The van der Waals surface area contributed by atoms with Crippen LogP contribution in [0.2, 0.25) is 0 Å². The van der Waals surface area contributed by atoms with Crippen molar-refractivity contribution in [1.29, 1.82) is 0 Å². The number of benzene rings is 2. The molecule has 0 spiro atoms. The van der Waals surface area contributed by atoms with Crippen molar-refractivity contribution in [3.63, 3.8) is 0 Å². The molecular weight excluding hydrogens is 300 g/mol. The van der Waals surface area contributed by atoms with Gasteiger partial charge in [-0.05, 0) is 42.5 Å². The predicted molar refractivity (Wildman–Crippen MR) is 94.7 cm³/mol. The van der Waals surface area contributed by atoms with Gasteiger partial charge in [-0.1, -0.05) is 42.5 Å². The van der Waals surface area contributed by atoms with Crippen LogP contribution < -0.4 is 15.4 Å². The molecule has 0 unspecified atom stereocenters. The molecule has 0 bridgehead atoms. The van der Waals surface area contributed by atoms with E-state index >= 15 is 0 Å². The average molecular weight is 324 g/mol. The molecule has 1 aliphatic heterocycles. The molecule has 0 radical (unpaired) electrons. The highest BCUT2D eigenvalue weighted by molar-refractivity contribution is 5.81. The minimum absolute atomic E-state index is 0.0819. The number of carbonyl (C=O) groups is 1. The highest BCUT2D eigenvalue weighted by Crippen LogP contribution is 2.15. The molecule has 2 aromatic carbocycles. The Balaban J connectivity index is 1.48. The first-order chi connectivity index (χ1) is 11.8. The standard InChI is InChI=1S/C20H24N2O2/c23-20-19(8-4-5-13-21-20)22-14-16-9-11-18(12-10-16)24-15-17-6-2-1-3-7-17/h1-3,6-7,9-12,19,22H,4-5,8,13-15H2,(H,21,23)/t19-/m1/s1. The Hall–Kier alpha value is -2.33. The van der Waals surface area contributed by atoms with Crippen LogP contribution in [0.4, 0.5) is 0 Å². The molecular formula is C20H24N2O2. The summed E-state index contributed by atoms with van der Waals surface area (Å²) < 4.78 is 5.79. The van der Waals surface area contributed by atoms with Crippen LogP contribution in [0.25, 0.3) is 0 Å². The third kappa shape index (κ3) is 4.83. The van der Waals surface area contributed by atoms with Gasteiger partial charge in [0.15, 0.2) is 0 Å². The SMILES string of the molecule is O=C1NCCCC[C@H]1NCc1ccc(OCc2ccccc2)cc1. The molecule has 3 rings (SSSR count). The molecule has 2 aromatic rings. The van der Waals surface area contributed by atoms with Crippen molar-refractivity contribution in [3.8, 4) is 5.75 Å². The lowest BCUT2D eigenvalue weighted by Crippen LogP contribution is -2.42. The van der Waals surface area contributed by atoms with Gasteiger partial charge in [-0.2, -0.15) is 0 Å². The fourth-order valence-corrected chi connectivity index (χ4v) is 2.82. The van der Waals surface area contributed by atoms with Crippen LogP contribution in [0.1, 0.15) is 30.4 Å². The van der Waals surface area contributed by atoms with Crippen molar-refractivity contribution in [2.75, 3.05) is 6.54 Å². The van der Waals surface area contributed by atoms with Crippen LogP contribution in [-0.4, -0.2) is 18.5 Å². The van der Waals surface area contributed by atoms with Gasteiger partial charge in [0.2, 0.25) is 5.91 Å². The Morgan fingerprint density at radius 3 is 2.58 bits per heavy atom. The molecule has 4 heteroatoms. The zero-order chi connectivity index (χ0) is 16.6. The second-order valence-electron chi connectivity index (χ2n) is 6.14. The minimum Gasteiger partial charge on any atom is -0.489 e. The number of carbonyl (C=O) groups excluding carboxylic acids is 1. The quantitative estimate of drug-likeness (QED) is 0.859. The van der Waals surface area contributed by atoms with E-state index in [1.54, 1.807) is 0 Å². The van der Waals surface area contributed by atoms with Gasteiger partial charge in [0.25, 0.3) is 0 Å². The van der Waals surface area contributed by atoms with E-state index < -0.39 is 0 Å². The van der Waals surface area contributed by atoms with Gasteiger partial charge < -0.3 is 15.4 Å². The summed E-state index contributed by atoms with van der Waals surface area (Å²) in [5, 5.41) is 6.30. The van der Waals surface area contributed by atoms with Crippen LogP contribution in [0.5, 0.6) is 5.75 Å². The summed E-state index contributed by atoms with van der Waals surface area (Å²) in [6.07, 6.45) is 3.06. The second-order valence-corrected chi connectivity index (χ2v) is 6.14. The maximum atomic E-state index is 11.9. The van der Waals surface area contributed by atoms with Crippen molar-refractivity contribution >= 4 is 5.91 Å². The van der Waals surface area contributed by atoms with Gasteiger partial charge in [-0.15, -0.1) is 0 Å². The Bertz CT molecular complexity index is 640. The van der Waals surface area contributed by atoms with E-state index in [4.69, 9.17) is 4.74 Å². The molecule has 1 saturated heterocycles. The van der Waals surface area contributed by atoms with Crippen LogP contribution in [-0.2, 0) is 17.9 Å². The number of nitrogens with one attached hydrogen (secondary N) is 2. The summed E-state index contributed by atoms with van der Waals surface area (Å²) in [5.41, 5.74) is 2.31. The lowest BCUT2D eigenvalue weighted by molar-refractivity contribution is -0.122. The first-order valence-corrected chi connectivity index (χ1v) is 8.58. The molecule has 0 saturated carbocycles. The van der Waals surface area contributed by atoms with Crippen LogP contribution in [0.15, 0.2) is 54.6 Å². The molecule has 4 nitrogen and oxygen atoms in total. The summed E-state index contributed by atoms with van der Waals surface area (Å²) >= 11 is 0. The molecule has 1 heterocycles. The van der Waals surface area contributed by atoms with Crippen molar-refractivity contribution in [2.45, 2.75) is 38.5 Å². The van der Waals surface area contributed by atoms with E-state index in [1.165, 1.54) is 0 Å². The second kappa shape index (κ2) is 8.50. The number of hydrogen-bond donors (Lipinski definition) is 2. The molecule has 1 amide bonds. The normalized spacial score (nSPS) is 17.8. The maximum absolute atomic E-state index is 11.9. The van der Waals surface area contributed by atoms with Gasteiger partial charge in [-0.25, -0.2) is 0 Å². The van der Waals surface area contributed by atoms with Gasteiger partial charge >= 0.3 is 0 Å². The summed E-state index contributed by atoms with van der Waals surface area (Å²) in [4.78, 5) is 11.9. The monoisotopic (exact) mass is 324 g/mol. The topological polar surface area (TPSA) is 50.4 Å². The molecule has 2 N–H and O–H groups in total. The van der Waals surface area contributed by atoms with Gasteiger partial charge in [-0.3, -0.25) is 4.79 Å².